The molecule has 0 heterocycles. The number of unbranched alkanes of at least 4 members (excludes halogenated alkanes) is 38. The minimum absolute atomic E-state index is 0.0269. The molecule has 0 aliphatic rings. The zero-order valence-corrected chi connectivity index (χ0v) is 46.0. The van der Waals surface area contributed by atoms with Gasteiger partial charge in [0.2, 0.25) is 0 Å². The van der Waals surface area contributed by atoms with Gasteiger partial charge in [-0.1, -0.05) is 251 Å². The van der Waals surface area contributed by atoms with Crippen molar-refractivity contribution >= 4 is 19.8 Å². The van der Waals surface area contributed by atoms with E-state index in [1.807, 2.05) is 21.1 Å². The molecule has 0 amide bonds. The molecule has 1 unspecified atom stereocenters. The van der Waals surface area contributed by atoms with E-state index in [2.05, 4.69) is 26.0 Å². The number of allylic oxidation sites excluding steroid dienone is 2. The molecule has 0 spiro atoms. The number of ether oxygens (including phenoxy) is 2. The van der Waals surface area contributed by atoms with Gasteiger partial charge in [-0.2, -0.15) is 0 Å². The molecule has 0 saturated heterocycles. The van der Waals surface area contributed by atoms with Gasteiger partial charge in [-0.3, -0.25) is 14.2 Å². The van der Waals surface area contributed by atoms with Gasteiger partial charge in [0.05, 0.1) is 27.7 Å². The average molecular weight is 970 g/mol. The normalized spacial score (nSPS) is 13.3. The molecule has 0 aromatic rings. The van der Waals surface area contributed by atoms with E-state index >= 15 is 0 Å². The molecular formula is C57H112NO8P. The van der Waals surface area contributed by atoms with Gasteiger partial charge < -0.3 is 27.9 Å². The van der Waals surface area contributed by atoms with E-state index in [-0.39, 0.29) is 32.0 Å². The van der Waals surface area contributed by atoms with E-state index < -0.39 is 26.5 Å². The molecule has 67 heavy (non-hydrogen) atoms. The van der Waals surface area contributed by atoms with Crippen molar-refractivity contribution in [2.75, 3.05) is 47.5 Å². The molecule has 398 valence electrons. The Labute approximate surface area is 416 Å². The van der Waals surface area contributed by atoms with E-state index in [1.165, 1.54) is 225 Å². The summed E-state index contributed by atoms with van der Waals surface area (Å²) >= 11 is 0. The summed E-state index contributed by atoms with van der Waals surface area (Å²) in [5.74, 6) is -0.815. The first-order chi connectivity index (χ1) is 32.5. The summed E-state index contributed by atoms with van der Waals surface area (Å²) in [5, 5.41) is 0. The van der Waals surface area contributed by atoms with Crippen LogP contribution in [0.15, 0.2) is 12.2 Å². The van der Waals surface area contributed by atoms with Crippen LogP contribution in [0.2, 0.25) is 0 Å². The second-order valence-corrected chi connectivity index (χ2v) is 22.4. The minimum Gasteiger partial charge on any atom is -0.756 e. The van der Waals surface area contributed by atoms with E-state index in [1.54, 1.807) is 0 Å². The van der Waals surface area contributed by atoms with Crippen molar-refractivity contribution < 1.29 is 42.1 Å². The fourth-order valence-electron chi connectivity index (χ4n) is 8.54. The van der Waals surface area contributed by atoms with Gasteiger partial charge in [0.25, 0.3) is 7.82 Å². The topological polar surface area (TPSA) is 111 Å². The van der Waals surface area contributed by atoms with Crippen molar-refractivity contribution in [3.63, 3.8) is 0 Å². The fraction of sp³-hybridized carbons (Fsp3) is 0.930. The Hall–Kier alpha value is -1.25. The molecular weight excluding hydrogens is 858 g/mol. The molecule has 2 atom stereocenters. The summed E-state index contributed by atoms with van der Waals surface area (Å²) in [6.45, 7) is 4.29. The quantitative estimate of drug-likeness (QED) is 0.0195. The van der Waals surface area contributed by atoms with E-state index in [0.29, 0.717) is 17.4 Å². The number of phosphoric acid groups is 1. The molecule has 0 N–H and O–H groups in total. The first kappa shape index (κ1) is 65.8. The fourth-order valence-corrected chi connectivity index (χ4v) is 9.26. The molecule has 0 aliphatic heterocycles. The maximum absolute atomic E-state index is 12.8. The van der Waals surface area contributed by atoms with E-state index in [0.717, 1.165) is 32.1 Å². The van der Waals surface area contributed by atoms with Crippen LogP contribution in [0.5, 0.6) is 0 Å². The maximum Gasteiger partial charge on any atom is 0.306 e. The van der Waals surface area contributed by atoms with Crippen molar-refractivity contribution in [1.82, 2.24) is 0 Å². The highest BCUT2D eigenvalue weighted by molar-refractivity contribution is 7.45. The largest absolute Gasteiger partial charge is 0.756 e. The number of phosphoric ester groups is 1. The zero-order valence-electron chi connectivity index (χ0n) is 45.1. The lowest BCUT2D eigenvalue weighted by Crippen LogP contribution is -2.37. The van der Waals surface area contributed by atoms with Crippen LogP contribution in [0.3, 0.4) is 0 Å². The summed E-state index contributed by atoms with van der Waals surface area (Å²) in [7, 11) is 1.18. The Morgan fingerprint density at radius 1 is 0.448 bits per heavy atom. The third kappa shape index (κ3) is 53.9. The number of rotatable bonds is 54. The number of hydrogen-bond acceptors (Lipinski definition) is 8. The lowest BCUT2D eigenvalue weighted by atomic mass is 10.0. The first-order valence-corrected chi connectivity index (χ1v) is 30.4. The predicted molar refractivity (Wildman–Crippen MR) is 282 cm³/mol. The minimum atomic E-state index is -4.63. The predicted octanol–water partition coefficient (Wildman–Crippen LogP) is 17.0. The number of carbonyl (C=O) groups excluding carboxylic acids is 2. The van der Waals surface area contributed by atoms with Crippen LogP contribution in [-0.2, 0) is 32.7 Å². The lowest BCUT2D eigenvalue weighted by Gasteiger charge is -2.28. The average Bonchev–Trinajstić information content (AvgIpc) is 3.29. The molecule has 0 fully saturated rings. The maximum atomic E-state index is 12.8. The van der Waals surface area contributed by atoms with E-state index in [4.69, 9.17) is 18.5 Å². The second-order valence-electron chi connectivity index (χ2n) is 21.0. The Bertz CT molecular complexity index is 1140. The first-order valence-electron chi connectivity index (χ1n) is 28.9. The summed E-state index contributed by atoms with van der Waals surface area (Å²) in [6, 6.07) is 0. The highest BCUT2D eigenvalue weighted by Crippen LogP contribution is 2.38. The van der Waals surface area contributed by atoms with Gasteiger partial charge in [0.1, 0.15) is 19.8 Å². The van der Waals surface area contributed by atoms with Crippen molar-refractivity contribution in [2.45, 2.75) is 296 Å². The van der Waals surface area contributed by atoms with Crippen LogP contribution in [0.25, 0.3) is 0 Å². The van der Waals surface area contributed by atoms with Gasteiger partial charge in [0.15, 0.2) is 6.10 Å². The standard InChI is InChI=1S/C57H112NO8P/c1-6-8-10-12-14-16-18-20-22-24-26-28-30-32-34-36-38-40-42-44-46-48-50-57(60)66-55(54-65-67(61,62)64-52-51-58(3,4)5)53-63-56(59)49-47-45-43-41-39-37-35-33-31-29-27-25-23-21-19-17-15-13-11-9-7-2/h21,23,55H,6-20,22,24-54H2,1-5H3/b23-21+/t55-/m1/s1. The summed E-state index contributed by atoms with van der Waals surface area (Å²) in [4.78, 5) is 37.8. The Balaban J connectivity index is 4.13. The van der Waals surface area contributed by atoms with Gasteiger partial charge >= 0.3 is 11.9 Å². The van der Waals surface area contributed by atoms with Crippen molar-refractivity contribution in [3.05, 3.63) is 12.2 Å². The number of esters is 2. The van der Waals surface area contributed by atoms with Gasteiger partial charge in [-0.05, 0) is 38.5 Å². The third-order valence-electron chi connectivity index (χ3n) is 13.0. The smallest absolute Gasteiger partial charge is 0.306 e. The number of quaternary nitrogens is 1. The monoisotopic (exact) mass is 970 g/mol. The van der Waals surface area contributed by atoms with Crippen LogP contribution in [-0.4, -0.2) is 70.0 Å². The molecule has 0 radical (unpaired) electrons. The highest BCUT2D eigenvalue weighted by atomic mass is 31.2. The molecule has 0 saturated carbocycles. The lowest BCUT2D eigenvalue weighted by molar-refractivity contribution is -0.870. The molecule has 0 aromatic carbocycles. The van der Waals surface area contributed by atoms with E-state index in [9.17, 15) is 19.0 Å². The second kappa shape index (κ2) is 49.7. The van der Waals surface area contributed by atoms with Gasteiger partial charge in [-0.15, -0.1) is 0 Å². The number of likely N-dealkylation sites (N-methyl/N-ethyl adjacent to an activating group) is 1. The molecule has 0 rings (SSSR count). The molecule has 9 nitrogen and oxygen atoms in total. The highest BCUT2D eigenvalue weighted by Gasteiger charge is 2.22. The SMILES string of the molecule is CCCCCCCC/C=C/CCCCCCCCCCCCCC(=O)OC[C@H](COP(=O)([O-])OCC[N+](C)(C)C)OC(=O)CCCCCCCCCCCCCCCCCCCCCCCC. The van der Waals surface area contributed by atoms with Crippen molar-refractivity contribution in [1.29, 1.82) is 0 Å². The summed E-state index contributed by atoms with van der Waals surface area (Å²) in [6.07, 6.45) is 56.8. The van der Waals surface area contributed by atoms with Gasteiger partial charge in [0, 0.05) is 12.8 Å². The molecule has 0 bridgehead atoms. The zero-order chi connectivity index (χ0) is 49.2. The van der Waals surface area contributed by atoms with Gasteiger partial charge in [-0.25, -0.2) is 0 Å². The number of carbonyl (C=O) groups is 2. The van der Waals surface area contributed by atoms with Crippen LogP contribution in [0.1, 0.15) is 290 Å². The Morgan fingerprint density at radius 2 is 0.761 bits per heavy atom. The third-order valence-corrected chi connectivity index (χ3v) is 14.0. The van der Waals surface area contributed by atoms with Crippen LogP contribution < -0.4 is 4.89 Å². The number of hydrogen-bond donors (Lipinski definition) is 0. The van der Waals surface area contributed by atoms with Crippen molar-refractivity contribution in [2.24, 2.45) is 0 Å². The summed E-state index contributed by atoms with van der Waals surface area (Å²) in [5.41, 5.74) is 0. The Morgan fingerprint density at radius 3 is 1.10 bits per heavy atom. The Kier molecular flexibility index (Phi) is 48.8. The molecule has 0 aromatic heterocycles. The van der Waals surface area contributed by atoms with Crippen molar-refractivity contribution in [3.8, 4) is 0 Å². The van der Waals surface area contributed by atoms with Crippen LogP contribution in [0, 0.1) is 0 Å². The summed E-state index contributed by atoms with van der Waals surface area (Å²) < 4.78 is 34.2. The number of nitrogens with zero attached hydrogens (tertiary/aromatic N) is 1. The molecule has 10 heteroatoms. The molecule has 0 aliphatic carbocycles. The van der Waals surface area contributed by atoms with Crippen LogP contribution in [0.4, 0.5) is 0 Å². The van der Waals surface area contributed by atoms with Crippen LogP contribution >= 0.6 is 7.82 Å².